The van der Waals surface area contributed by atoms with Crippen molar-refractivity contribution in [1.29, 1.82) is 0 Å². The zero-order valence-electron chi connectivity index (χ0n) is 29.8. The zero-order valence-corrected chi connectivity index (χ0v) is 29.8. The van der Waals surface area contributed by atoms with Gasteiger partial charge in [-0.25, -0.2) is 23.1 Å². The van der Waals surface area contributed by atoms with Gasteiger partial charge in [0.2, 0.25) is 0 Å². The normalized spacial score (nSPS) is 21.1. The summed E-state index contributed by atoms with van der Waals surface area (Å²) in [6, 6.07) is 14.3. The van der Waals surface area contributed by atoms with Gasteiger partial charge >= 0.3 is 5.69 Å². The van der Waals surface area contributed by atoms with Crippen LogP contribution in [0.3, 0.4) is 0 Å². The lowest BCUT2D eigenvalue weighted by Gasteiger charge is -2.29. The van der Waals surface area contributed by atoms with Gasteiger partial charge in [0.15, 0.2) is 5.65 Å². The van der Waals surface area contributed by atoms with Crippen LogP contribution in [0.15, 0.2) is 100 Å². The number of halogens is 2. The summed E-state index contributed by atoms with van der Waals surface area (Å²) < 4.78 is 30.8. The Morgan fingerprint density at radius 1 is 1.00 bits per heavy atom. The largest absolute Gasteiger partial charge is 0.508 e. The quantitative estimate of drug-likeness (QED) is 0.166. The molecule has 12 heteroatoms. The zero-order chi connectivity index (χ0) is 36.6. The standard InChI is InChI=1S/C41H45F2N7O3/c1-47(22-27-5-6-27)23-29-18-35(51)12-13-36(29)28-3-2-4-34(17-28)50-39-37(19-31(43)20-45-39)40(52)49(41(50)53)16-15-26-7-10-32(11-8-26)44-21-33-25-48-24-30(42)9-14-38(48)46-33/h2-4,9,12-14,17-20,24-27,32,38,44,46,51H,5-8,10-11,15-16,21-23H2,1H3. The Balaban J connectivity index is 0.993. The molecule has 4 aliphatic rings. The SMILES string of the molecule is CN(Cc1cc(O)ccc1-c1cccc(-n2c(=O)n(CCC3CCC(NCC4=CN5C=C(F)C=CC5N4)CC3)c(=O)c3cc(F)cnc32)c1)CC1CC1. The molecule has 4 heterocycles. The maximum Gasteiger partial charge on any atom is 0.337 e. The number of phenols is 1. The molecule has 53 heavy (non-hydrogen) atoms. The first-order chi connectivity index (χ1) is 25.7. The molecule has 2 saturated carbocycles. The smallest absolute Gasteiger partial charge is 0.337 e. The molecule has 0 bridgehead atoms. The predicted molar refractivity (Wildman–Crippen MR) is 201 cm³/mol. The van der Waals surface area contributed by atoms with Crippen molar-refractivity contribution in [3.05, 3.63) is 123 Å². The predicted octanol–water partition coefficient (Wildman–Crippen LogP) is 5.89. The van der Waals surface area contributed by atoms with Gasteiger partial charge in [0.25, 0.3) is 5.56 Å². The first-order valence-corrected chi connectivity index (χ1v) is 18.6. The van der Waals surface area contributed by atoms with E-state index in [1.165, 1.54) is 34.3 Å². The number of hydrogen-bond donors (Lipinski definition) is 3. The van der Waals surface area contributed by atoms with Crippen LogP contribution < -0.4 is 21.9 Å². The first-order valence-electron chi connectivity index (χ1n) is 18.6. The van der Waals surface area contributed by atoms with E-state index in [2.05, 4.69) is 27.6 Å². The third kappa shape index (κ3) is 7.70. The number of rotatable bonds is 12. The number of hydrogen-bond acceptors (Lipinski definition) is 8. The monoisotopic (exact) mass is 721 g/mol. The number of aromatic nitrogens is 3. The summed E-state index contributed by atoms with van der Waals surface area (Å²) in [5.74, 6) is 0.334. The molecule has 10 nitrogen and oxygen atoms in total. The van der Waals surface area contributed by atoms with Crippen LogP contribution in [0, 0.1) is 17.7 Å². The molecule has 1 unspecified atom stereocenters. The Hall–Kier alpha value is -5.07. The van der Waals surface area contributed by atoms with Crippen molar-refractivity contribution in [3.8, 4) is 22.6 Å². The minimum absolute atomic E-state index is 0.0506. The van der Waals surface area contributed by atoms with Crippen molar-refractivity contribution < 1.29 is 13.9 Å². The molecule has 1 atom stereocenters. The number of pyridine rings is 1. The maximum absolute atomic E-state index is 14.5. The Bertz CT molecular complexity index is 2230. The second-order valence-electron chi connectivity index (χ2n) is 15.1. The van der Waals surface area contributed by atoms with Crippen LogP contribution in [0.25, 0.3) is 27.8 Å². The van der Waals surface area contributed by atoms with Crippen LogP contribution in [0.1, 0.15) is 50.5 Å². The highest BCUT2D eigenvalue weighted by atomic mass is 19.1. The van der Waals surface area contributed by atoms with E-state index in [9.17, 15) is 23.5 Å². The van der Waals surface area contributed by atoms with Crippen molar-refractivity contribution in [1.82, 2.24) is 34.6 Å². The van der Waals surface area contributed by atoms with E-state index in [0.29, 0.717) is 37.2 Å². The number of nitrogens with zero attached hydrogens (tertiary/aromatic N) is 5. The van der Waals surface area contributed by atoms with Crippen molar-refractivity contribution in [2.45, 2.75) is 70.2 Å². The van der Waals surface area contributed by atoms with E-state index in [-0.39, 0.29) is 35.3 Å². The lowest BCUT2D eigenvalue weighted by atomic mass is 9.84. The number of nitrogens with one attached hydrogen (secondary N) is 2. The number of allylic oxidation sites excluding steroid dienone is 2. The Kier molecular flexibility index (Phi) is 9.74. The maximum atomic E-state index is 14.5. The van der Waals surface area contributed by atoms with E-state index in [1.54, 1.807) is 24.3 Å². The number of benzene rings is 2. The van der Waals surface area contributed by atoms with Crippen LogP contribution in [0.5, 0.6) is 5.75 Å². The van der Waals surface area contributed by atoms with Crippen LogP contribution in [0.2, 0.25) is 0 Å². The summed E-state index contributed by atoms with van der Waals surface area (Å²) in [5, 5.41) is 17.4. The summed E-state index contributed by atoms with van der Waals surface area (Å²) in [4.78, 5) is 36.3. The van der Waals surface area contributed by atoms with Gasteiger partial charge in [0.1, 0.15) is 23.6 Å². The lowest BCUT2D eigenvalue weighted by Crippen LogP contribution is -2.41. The fourth-order valence-electron chi connectivity index (χ4n) is 8.06. The van der Waals surface area contributed by atoms with Gasteiger partial charge in [-0.2, -0.15) is 0 Å². The van der Waals surface area contributed by atoms with Crippen LogP contribution in [-0.4, -0.2) is 61.4 Å². The Morgan fingerprint density at radius 3 is 2.62 bits per heavy atom. The Morgan fingerprint density at radius 2 is 1.81 bits per heavy atom. The van der Waals surface area contributed by atoms with Crippen LogP contribution in [-0.2, 0) is 13.1 Å². The van der Waals surface area contributed by atoms with E-state index >= 15 is 0 Å². The fourth-order valence-corrected chi connectivity index (χ4v) is 8.06. The van der Waals surface area contributed by atoms with Gasteiger partial charge in [0, 0.05) is 50.3 Å². The summed E-state index contributed by atoms with van der Waals surface area (Å²) in [6.07, 6.45) is 14.6. The minimum atomic E-state index is -0.644. The molecule has 0 amide bonds. The van der Waals surface area contributed by atoms with Crippen molar-refractivity contribution in [2.75, 3.05) is 20.1 Å². The molecule has 8 rings (SSSR count). The summed E-state index contributed by atoms with van der Waals surface area (Å²) >= 11 is 0. The van der Waals surface area contributed by atoms with Gasteiger partial charge in [-0.1, -0.05) is 18.2 Å². The van der Waals surface area contributed by atoms with E-state index in [4.69, 9.17) is 0 Å². The molecule has 0 saturated heterocycles. The van der Waals surface area contributed by atoms with Crippen molar-refractivity contribution >= 4 is 11.0 Å². The third-order valence-corrected chi connectivity index (χ3v) is 11.0. The average molecular weight is 722 g/mol. The van der Waals surface area contributed by atoms with Gasteiger partial charge in [-0.3, -0.25) is 9.36 Å². The van der Waals surface area contributed by atoms with E-state index < -0.39 is 17.1 Å². The van der Waals surface area contributed by atoms with Crippen molar-refractivity contribution in [2.24, 2.45) is 11.8 Å². The molecule has 2 aromatic heterocycles. The molecular weight excluding hydrogens is 676 g/mol. The highest BCUT2D eigenvalue weighted by Gasteiger charge is 2.27. The molecule has 4 aromatic rings. The molecule has 276 valence electrons. The molecule has 3 N–H and O–H groups in total. The molecule has 2 aromatic carbocycles. The van der Waals surface area contributed by atoms with Gasteiger partial charge in [0.05, 0.1) is 17.3 Å². The molecule has 2 aliphatic carbocycles. The van der Waals surface area contributed by atoms with Crippen LogP contribution in [0.4, 0.5) is 8.78 Å². The number of fused-ring (bicyclic) bond motifs is 2. The summed E-state index contributed by atoms with van der Waals surface area (Å²) in [6.45, 7) is 2.53. The number of aromatic hydroxyl groups is 1. The molecule has 0 radical (unpaired) electrons. The molecular formula is C41H45F2N7O3. The van der Waals surface area contributed by atoms with Gasteiger partial charge in [-0.05, 0) is 123 Å². The van der Waals surface area contributed by atoms with Crippen molar-refractivity contribution in [3.63, 3.8) is 0 Å². The topological polar surface area (TPSA) is 108 Å². The average Bonchev–Trinajstić information content (AvgIpc) is 3.87. The lowest BCUT2D eigenvalue weighted by molar-refractivity contribution is 0.272. The molecule has 0 spiro atoms. The Labute approximate surface area is 306 Å². The second-order valence-corrected chi connectivity index (χ2v) is 15.1. The van der Waals surface area contributed by atoms with Gasteiger partial charge in [-0.15, -0.1) is 0 Å². The number of phenolic OH excluding ortho intramolecular Hbond substituents is 1. The van der Waals surface area contributed by atoms with Crippen LogP contribution >= 0.6 is 0 Å². The minimum Gasteiger partial charge on any atom is -0.508 e. The molecule has 2 fully saturated rings. The fraction of sp³-hybridized carbons (Fsp3) is 0.390. The summed E-state index contributed by atoms with van der Waals surface area (Å²) in [5.41, 5.74) is 3.32. The first kappa shape index (κ1) is 35.0. The summed E-state index contributed by atoms with van der Waals surface area (Å²) in [7, 11) is 2.09. The van der Waals surface area contributed by atoms with E-state index in [1.807, 2.05) is 35.4 Å². The second kappa shape index (κ2) is 14.7. The highest BCUT2D eigenvalue weighted by Crippen LogP contribution is 2.33. The third-order valence-electron chi connectivity index (χ3n) is 11.0. The molecule has 2 aliphatic heterocycles. The highest BCUT2D eigenvalue weighted by molar-refractivity contribution is 5.77. The van der Waals surface area contributed by atoms with Gasteiger partial charge < -0.3 is 25.5 Å². The van der Waals surface area contributed by atoms with E-state index in [0.717, 1.165) is 72.8 Å².